The Kier molecular flexibility index (Phi) is 5.25. The Morgan fingerprint density at radius 1 is 1.47 bits per heavy atom. The van der Waals surface area contributed by atoms with E-state index in [-0.39, 0.29) is 6.04 Å². The summed E-state index contributed by atoms with van der Waals surface area (Å²) in [6.07, 6.45) is 3.61. The van der Waals surface area contributed by atoms with Crippen LogP contribution < -0.4 is 5.73 Å². The Hall–Kier alpha value is -0.970. The SMILES string of the molecule is COCC(N)CN(C)Cc1ccncc1. The van der Waals surface area contributed by atoms with Crippen molar-refractivity contribution < 1.29 is 4.74 Å². The van der Waals surface area contributed by atoms with E-state index < -0.39 is 0 Å². The number of aromatic nitrogens is 1. The van der Waals surface area contributed by atoms with Crippen molar-refractivity contribution >= 4 is 0 Å². The predicted molar refractivity (Wildman–Crippen MR) is 60.4 cm³/mol. The van der Waals surface area contributed by atoms with Crippen molar-refractivity contribution in [2.24, 2.45) is 5.73 Å². The lowest BCUT2D eigenvalue weighted by Gasteiger charge is -2.20. The summed E-state index contributed by atoms with van der Waals surface area (Å²) in [6.45, 7) is 2.32. The summed E-state index contributed by atoms with van der Waals surface area (Å²) in [5, 5.41) is 0. The van der Waals surface area contributed by atoms with Gasteiger partial charge in [-0.25, -0.2) is 0 Å². The Labute approximate surface area is 91.1 Å². The Morgan fingerprint density at radius 2 is 2.13 bits per heavy atom. The lowest BCUT2D eigenvalue weighted by atomic mass is 10.2. The number of likely N-dealkylation sites (N-methyl/N-ethyl adjacent to an activating group) is 1. The second-order valence-electron chi connectivity index (χ2n) is 3.77. The highest BCUT2D eigenvalue weighted by atomic mass is 16.5. The fourth-order valence-electron chi connectivity index (χ4n) is 1.53. The fraction of sp³-hybridized carbons (Fsp3) is 0.545. The molecule has 0 radical (unpaired) electrons. The lowest BCUT2D eigenvalue weighted by molar-refractivity contribution is 0.160. The number of methoxy groups -OCH3 is 1. The molecule has 0 fully saturated rings. The van der Waals surface area contributed by atoms with Crippen LogP contribution in [-0.2, 0) is 11.3 Å². The molecule has 1 rings (SSSR count). The van der Waals surface area contributed by atoms with Crippen LogP contribution in [0, 0.1) is 0 Å². The average molecular weight is 209 g/mol. The molecule has 1 heterocycles. The van der Waals surface area contributed by atoms with Gasteiger partial charge in [-0.1, -0.05) is 0 Å². The van der Waals surface area contributed by atoms with Crippen molar-refractivity contribution in [3.63, 3.8) is 0 Å². The molecule has 0 bridgehead atoms. The van der Waals surface area contributed by atoms with Crippen LogP contribution in [-0.4, -0.2) is 43.2 Å². The van der Waals surface area contributed by atoms with Crippen LogP contribution in [0.2, 0.25) is 0 Å². The molecule has 1 atom stereocenters. The molecule has 15 heavy (non-hydrogen) atoms. The summed E-state index contributed by atoms with van der Waals surface area (Å²) in [7, 11) is 3.72. The number of nitrogens with two attached hydrogens (primary N) is 1. The number of nitrogens with zero attached hydrogens (tertiary/aromatic N) is 2. The molecular weight excluding hydrogens is 190 g/mol. The maximum atomic E-state index is 5.86. The van der Waals surface area contributed by atoms with Crippen molar-refractivity contribution in [1.82, 2.24) is 9.88 Å². The predicted octanol–water partition coefficient (Wildman–Crippen LogP) is 0.487. The fourth-order valence-corrected chi connectivity index (χ4v) is 1.53. The van der Waals surface area contributed by atoms with E-state index in [1.807, 2.05) is 12.1 Å². The van der Waals surface area contributed by atoms with Gasteiger partial charge in [0.05, 0.1) is 6.61 Å². The number of rotatable bonds is 6. The Morgan fingerprint density at radius 3 is 2.73 bits per heavy atom. The standard InChI is InChI=1S/C11H19N3O/c1-14(8-11(12)9-15-2)7-10-3-5-13-6-4-10/h3-6,11H,7-9,12H2,1-2H3. The monoisotopic (exact) mass is 209 g/mol. The Balaban J connectivity index is 2.33. The van der Waals surface area contributed by atoms with E-state index in [0.29, 0.717) is 6.61 Å². The van der Waals surface area contributed by atoms with E-state index in [1.54, 1.807) is 19.5 Å². The molecule has 1 aromatic heterocycles. The normalized spacial score (nSPS) is 13.1. The average Bonchev–Trinajstić information content (AvgIpc) is 2.19. The maximum Gasteiger partial charge on any atom is 0.0626 e. The number of ether oxygens (including phenoxy) is 1. The highest BCUT2D eigenvalue weighted by Crippen LogP contribution is 2.01. The molecule has 0 amide bonds. The first-order valence-corrected chi connectivity index (χ1v) is 5.04. The molecule has 0 aromatic carbocycles. The second kappa shape index (κ2) is 6.50. The summed E-state index contributed by atoms with van der Waals surface area (Å²) >= 11 is 0. The molecular formula is C11H19N3O. The third-order valence-corrected chi connectivity index (χ3v) is 2.13. The minimum absolute atomic E-state index is 0.0711. The molecule has 4 nitrogen and oxygen atoms in total. The van der Waals surface area contributed by atoms with E-state index in [2.05, 4.69) is 16.9 Å². The van der Waals surface area contributed by atoms with Crippen LogP contribution in [0.25, 0.3) is 0 Å². The van der Waals surface area contributed by atoms with Gasteiger partial charge in [0.15, 0.2) is 0 Å². The molecule has 0 aliphatic carbocycles. The van der Waals surface area contributed by atoms with Crippen molar-refractivity contribution in [3.05, 3.63) is 30.1 Å². The number of pyridine rings is 1. The molecule has 84 valence electrons. The topological polar surface area (TPSA) is 51.4 Å². The van der Waals surface area contributed by atoms with Gasteiger partial charge in [-0.15, -0.1) is 0 Å². The third kappa shape index (κ3) is 4.88. The molecule has 0 spiro atoms. The Bertz CT molecular complexity index is 266. The lowest BCUT2D eigenvalue weighted by Crippen LogP contribution is -2.38. The largest absolute Gasteiger partial charge is 0.383 e. The van der Waals surface area contributed by atoms with Gasteiger partial charge in [0.25, 0.3) is 0 Å². The van der Waals surface area contributed by atoms with Crippen LogP contribution >= 0.6 is 0 Å². The maximum absolute atomic E-state index is 5.86. The first-order chi connectivity index (χ1) is 7.22. The summed E-state index contributed by atoms with van der Waals surface area (Å²) in [5.41, 5.74) is 7.11. The van der Waals surface area contributed by atoms with Crippen LogP contribution in [0.4, 0.5) is 0 Å². The molecule has 4 heteroatoms. The van der Waals surface area contributed by atoms with Crippen molar-refractivity contribution in [2.45, 2.75) is 12.6 Å². The van der Waals surface area contributed by atoms with Gasteiger partial charge >= 0.3 is 0 Å². The molecule has 2 N–H and O–H groups in total. The van der Waals surface area contributed by atoms with E-state index in [1.165, 1.54) is 5.56 Å². The van der Waals surface area contributed by atoms with Crippen molar-refractivity contribution in [3.8, 4) is 0 Å². The summed E-state index contributed by atoms with van der Waals surface area (Å²) in [4.78, 5) is 6.16. The zero-order valence-electron chi connectivity index (χ0n) is 9.39. The summed E-state index contributed by atoms with van der Waals surface area (Å²) < 4.78 is 4.99. The summed E-state index contributed by atoms with van der Waals surface area (Å²) in [5.74, 6) is 0. The molecule has 0 saturated heterocycles. The highest BCUT2D eigenvalue weighted by Gasteiger charge is 2.06. The van der Waals surface area contributed by atoms with E-state index >= 15 is 0 Å². The van der Waals surface area contributed by atoms with Gasteiger partial charge in [-0.2, -0.15) is 0 Å². The summed E-state index contributed by atoms with van der Waals surface area (Å²) in [6, 6.07) is 4.10. The molecule has 1 unspecified atom stereocenters. The zero-order chi connectivity index (χ0) is 11.1. The van der Waals surface area contributed by atoms with Gasteiger partial charge in [0.1, 0.15) is 0 Å². The number of hydrogen-bond donors (Lipinski definition) is 1. The van der Waals surface area contributed by atoms with E-state index in [4.69, 9.17) is 10.5 Å². The van der Waals surface area contributed by atoms with Gasteiger partial charge in [0, 0.05) is 38.6 Å². The van der Waals surface area contributed by atoms with Gasteiger partial charge in [0.2, 0.25) is 0 Å². The van der Waals surface area contributed by atoms with E-state index in [0.717, 1.165) is 13.1 Å². The van der Waals surface area contributed by atoms with Crippen molar-refractivity contribution in [1.29, 1.82) is 0 Å². The third-order valence-electron chi connectivity index (χ3n) is 2.13. The first-order valence-electron chi connectivity index (χ1n) is 5.04. The highest BCUT2D eigenvalue weighted by molar-refractivity contribution is 5.09. The second-order valence-corrected chi connectivity index (χ2v) is 3.77. The van der Waals surface area contributed by atoms with Crippen LogP contribution in [0.15, 0.2) is 24.5 Å². The smallest absolute Gasteiger partial charge is 0.0626 e. The molecule has 0 aliphatic heterocycles. The quantitative estimate of drug-likeness (QED) is 0.740. The molecule has 0 saturated carbocycles. The van der Waals surface area contributed by atoms with Gasteiger partial charge in [-0.3, -0.25) is 4.98 Å². The van der Waals surface area contributed by atoms with E-state index in [9.17, 15) is 0 Å². The van der Waals surface area contributed by atoms with Crippen molar-refractivity contribution in [2.75, 3.05) is 27.3 Å². The van der Waals surface area contributed by atoms with Gasteiger partial charge < -0.3 is 15.4 Å². The molecule has 0 aliphatic rings. The van der Waals surface area contributed by atoms with Crippen LogP contribution in [0.1, 0.15) is 5.56 Å². The number of hydrogen-bond acceptors (Lipinski definition) is 4. The minimum Gasteiger partial charge on any atom is -0.383 e. The van der Waals surface area contributed by atoms with Crippen LogP contribution in [0.3, 0.4) is 0 Å². The zero-order valence-corrected chi connectivity index (χ0v) is 9.39. The first kappa shape index (κ1) is 12.1. The molecule has 1 aromatic rings. The van der Waals surface area contributed by atoms with Gasteiger partial charge in [-0.05, 0) is 24.7 Å². The minimum atomic E-state index is 0.0711. The van der Waals surface area contributed by atoms with Crippen LogP contribution in [0.5, 0.6) is 0 Å².